The monoisotopic (exact) mass is 127 g/mol. The highest BCUT2D eigenvalue weighted by Crippen LogP contribution is 2.24. The molecule has 0 amide bonds. The minimum absolute atomic E-state index is 0.0451. The lowest BCUT2D eigenvalue weighted by Crippen LogP contribution is -1.94. The summed E-state index contributed by atoms with van der Waals surface area (Å²) in [4.78, 5) is 0. The SMILES string of the molecule is [2H]C1(CC)CCCCCC1. The van der Waals surface area contributed by atoms with Crippen molar-refractivity contribution in [3.63, 3.8) is 0 Å². The summed E-state index contributed by atoms with van der Waals surface area (Å²) in [5.74, 6) is -0.0451. The van der Waals surface area contributed by atoms with Gasteiger partial charge in [0.25, 0.3) is 0 Å². The molecular weight excluding hydrogens is 108 g/mol. The number of hydrogen-bond donors (Lipinski definition) is 0. The third-order valence-electron chi connectivity index (χ3n) is 2.31. The summed E-state index contributed by atoms with van der Waals surface area (Å²) in [5.41, 5.74) is 0. The molecule has 54 valence electrons. The van der Waals surface area contributed by atoms with Crippen LogP contribution in [0.2, 0.25) is 0 Å². The van der Waals surface area contributed by atoms with Crippen LogP contribution in [0.5, 0.6) is 0 Å². The molecule has 0 aromatic heterocycles. The summed E-state index contributed by atoms with van der Waals surface area (Å²) in [6.45, 7) is 2.15. The summed E-state index contributed by atoms with van der Waals surface area (Å²) in [6, 6.07) is 0. The van der Waals surface area contributed by atoms with Gasteiger partial charge in [-0.15, -0.1) is 0 Å². The van der Waals surface area contributed by atoms with Crippen molar-refractivity contribution in [3.8, 4) is 0 Å². The van der Waals surface area contributed by atoms with Crippen LogP contribution in [0.15, 0.2) is 0 Å². The molecule has 1 aliphatic rings. The highest BCUT2D eigenvalue weighted by atomic mass is 14.1. The van der Waals surface area contributed by atoms with Crippen LogP contribution < -0.4 is 0 Å². The average Bonchev–Trinajstić information content (AvgIpc) is 2.15. The lowest BCUT2D eigenvalue weighted by molar-refractivity contribution is 0.446. The van der Waals surface area contributed by atoms with Crippen LogP contribution in [-0.4, -0.2) is 0 Å². The molecule has 0 bridgehead atoms. The van der Waals surface area contributed by atoms with Crippen LogP contribution in [0.4, 0.5) is 0 Å². The quantitative estimate of drug-likeness (QED) is 0.474. The molecule has 0 spiro atoms. The zero-order chi connectivity index (χ0) is 7.45. The van der Waals surface area contributed by atoms with Gasteiger partial charge in [-0.25, -0.2) is 0 Å². The van der Waals surface area contributed by atoms with Gasteiger partial charge in [-0.1, -0.05) is 51.9 Å². The van der Waals surface area contributed by atoms with Gasteiger partial charge in [0, 0.05) is 1.37 Å². The largest absolute Gasteiger partial charge is 0.0651 e. The van der Waals surface area contributed by atoms with Gasteiger partial charge in [0.05, 0.1) is 0 Å². The van der Waals surface area contributed by atoms with Crippen LogP contribution in [0.1, 0.15) is 53.2 Å². The molecule has 9 heavy (non-hydrogen) atoms. The van der Waals surface area contributed by atoms with Gasteiger partial charge >= 0.3 is 0 Å². The molecule has 1 aliphatic carbocycles. The van der Waals surface area contributed by atoms with E-state index in [1.165, 1.54) is 25.7 Å². The Bertz CT molecular complexity index is 90.9. The zero-order valence-electron chi connectivity index (χ0n) is 7.45. The molecular formula is C9H18. The maximum atomic E-state index is 8.01. The fourth-order valence-electron chi connectivity index (χ4n) is 1.58. The van der Waals surface area contributed by atoms with E-state index < -0.39 is 0 Å². The summed E-state index contributed by atoms with van der Waals surface area (Å²) in [6.07, 6.45) is 8.63. The molecule has 0 nitrogen and oxygen atoms in total. The Balaban J connectivity index is 2.41. The van der Waals surface area contributed by atoms with Gasteiger partial charge in [-0.2, -0.15) is 0 Å². The Morgan fingerprint density at radius 3 is 2.22 bits per heavy atom. The molecule has 1 fully saturated rings. The lowest BCUT2D eigenvalue weighted by Gasteiger charge is -2.08. The maximum Gasteiger partial charge on any atom is 0.0303 e. The van der Waals surface area contributed by atoms with Crippen molar-refractivity contribution in [1.29, 1.82) is 0 Å². The van der Waals surface area contributed by atoms with E-state index in [1.54, 1.807) is 0 Å². The van der Waals surface area contributed by atoms with E-state index in [0.29, 0.717) is 0 Å². The molecule has 0 radical (unpaired) electrons. The summed E-state index contributed by atoms with van der Waals surface area (Å²) >= 11 is 0. The predicted molar refractivity (Wildman–Crippen MR) is 41.5 cm³/mol. The van der Waals surface area contributed by atoms with Crippen LogP contribution in [0.25, 0.3) is 0 Å². The van der Waals surface area contributed by atoms with Crippen LogP contribution in [-0.2, 0) is 0 Å². The van der Waals surface area contributed by atoms with E-state index in [9.17, 15) is 0 Å². The highest BCUT2D eigenvalue weighted by Gasteiger charge is 2.08. The van der Waals surface area contributed by atoms with Crippen LogP contribution >= 0.6 is 0 Å². The fourth-order valence-corrected chi connectivity index (χ4v) is 1.58. The Morgan fingerprint density at radius 2 is 1.78 bits per heavy atom. The Kier molecular flexibility index (Phi) is 2.51. The van der Waals surface area contributed by atoms with E-state index in [2.05, 4.69) is 6.92 Å². The highest BCUT2D eigenvalue weighted by molar-refractivity contribution is 4.62. The van der Waals surface area contributed by atoms with Gasteiger partial charge in [-0.05, 0) is 5.89 Å². The van der Waals surface area contributed by atoms with E-state index in [-0.39, 0.29) is 5.89 Å². The minimum Gasteiger partial charge on any atom is -0.0651 e. The Morgan fingerprint density at radius 1 is 1.22 bits per heavy atom. The second-order valence-corrected chi connectivity index (χ2v) is 3.02. The summed E-state index contributed by atoms with van der Waals surface area (Å²) < 4.78 is 8.01. The Hall–Kier alpha value is 0. The van der Waals surface area contributed by atoms with Gasteiger partial charge in [0.1, 0.15) is 0 Å². The van der Waals surface area contributed by atoms with Crippen molar-refractivity contribution in [2.45, 2.75) is 51.9 Å². The predicted octanol–water partition coefficient (Wildman–Crippen LogP) is 3.37. The van der Waals surface area contributed by atoms with Crippen molar-refractivity contribution < 1.29 is 1.37 Å². The average molecular weight is 127 g/mol. The van der Waals surface area contributed by atoms with Gasteiger partial charge in [0.2, 0.25) is 0 Å². The van der Waals surface area contributed by atoms with E-state index in [0.717, 1.165) is 19.3 Å². The first-order valence-electron chi connectivity index (χ1n) is 4.77. The first-order valence-corrected chi connectivity index (χ1v) is 4.27. The molecule has 0 saturated heterocycles. The molecule has 0 N–H and O–H groups in total. The van der Waals surface area contributed by atoms with E-state index in [4.69, 9.17) is 1.37 Å². The minimum atomic E-state index is -0.0451. The second kappa shape index (κ2) is 3.92. The fraction of sp³-hybridized carbons (Fsp3) is 1.00. The van der Waals surface area contributed by atoms with E-state index in [1.807, 2.05) is 0 Å². The topological polar surface area (TPSA) is 0 Å². The molecule has 1 rings (SSSR count). The normalized spacial score (nSPS) is 28.8. The van der Waals surface area contributed by atoms with Crippen molar-refractivity contribution in [2.75, 3.05) is 0 Å². The third-order valence-corrected chi connectivity index (χ3v) is 2.31. The molecule has 0 heteroatoms. The number of rotatable bonds is 1. The third kappa shape index (κ3) is 2.38. The molecule has 0 aliphatic heterocycles. The lowest BCUT2D eigenvalue weighted by atomic mass is 9.98. The van der Waals surface area contributed by atoms with Crippen molar-refractivity contribution >= 4 is 0 Å². The molecule has 0 heterocycles. The molecule has 0 aromatic carbocycles. The van der Waals surface area contributed by atoms with Crippen molar-refractivity contribution in [3.05, 3.63) is 0 Å². The first kappa shape index (κ1) is 5.76. The van der Waals surface area contributed by atoms with Crippen molar-refractivity contribution in [2.24, 2.45) is 5.89 Å². The molecule has 0 unspecified atom stereocenters. The smallest absolute Gasteiger partial charge is 0.0303 e. The standard InChI is InChI=1S/C9H18/c1-2-9-7-5-3-4-6-8-9/h9H,2-8H2,1H3/i9D. The first-order chi connectivity index (χ1) is 4.77. The second-order valence-electron chi connectivity index (χ2n) is 3.02. The number of hydrogen-bond acceptors (Lipinski definition) is 0. The van der Waals surface area contributed by atoms with Crippen molar-refractivity contribution in [1.82, 2.24) is 0 Å². The van der Waals surface area contributed by atoms with Crippen LogP contribution in [0, 0.1) is 5.89 Å². The maximum absolute atomic E-state index is 8.01. The van der Waals surface area contributed by atoms with Gasteiger partial charge in [0.15, 0.2) is 0 Å². The zero-order valence-corrected chi connectivity index (χ0v) is 6.45. The van der Waals surface area contributed by atoms with E-state index >= 15 is 0 Å². The molecule has 0 aromatic rings. The van der Waals surface area contributed by atoms with Gasteiger partial charge in [-0.3, -0.25) is 0 Å². The molecule has 1 saturated carbocycles. The molecule has 0 atom stereocenters. The summed E-state index contributed by atoms with van der Waals surface area (Å²) in [5, 5.41) is 0. The van der Waals surface area contributed by atoms with Gasteiger partial charge < -0.3 is 0 Å². The van der Waals surface area contributed by atoms with Crippen LogP contribution in [0.3, 0.4) is 0 Å². The summed E-state index contributed by atoms with van der Waals surface area (Å²) in [7, 11) is 0. The Labute approximate surface area is 60.1 Å².